The van der Waals surface area contributed by atoms with Crippen LogP contribution in [0.5, 0.6) is 0 Å². The van der Waals surface area contributed by atoms with Gasteiger partial charge in [-0.25, -0.2) is 19.2 Å². The molecule has 0 aliphatic rings. The van der Waals surface area contributed by atoms with Crippen molar-refractivity contribution in [2.75, 3.05) is 177 Å². The molecule has 0 spiro atoms. The summed E-state index contributed by atoms with van der Waals surface area (Å²) in [5.41, 5.74) is -1.64. The van der Waals surface area contributed by atoms with Gasteiger partial charge in [0.2, 0.25) is 11.8 Å². The molecule has 0 fully saturated rings. The molecule has 0 radical (unpaired) electrons. The minimum absolute atomic E-state index is 0.0272. The number of alkyl carbamates (subject to hydrolysis) is 4. The molecule has 6 N–H and O–H groups in total. The molecule has 0 saturated carbocycles. The van der Waals surface area contributed by atoms with Crippen LogP contribution in [0.3, 0.4) is 0 Å². The molecule has 0 saturated heterocycles. The molecule has 0 aliphatic carbocycles. The molecule has 0 bridgehead atoms. The first-order chi connectivity index (χ1) is 39.6. The lowest BCUT2D eigenvalue weighted by molar-refractivity contribution is -0.146. The lowest BCUT2D eigenvalue weighted by Gasteiger charge is -2.23. The largest absolute Gasteiger partial charge is 0.460 e. The van der Waals surface area contributed by atoms with Crippen molar-refractivity contribution in [1.29, 1.82) is 0 Å². The number of carbonyl (C=O) groups is 7. The van der Waals surface area contributed by atoms with Crippen LogP contribution in [0.25, 0.3) is 0 Å². The highest BCUT2D eigenvalue weighted by atomic mass is 16.6. The van der Waals surface area contributed by atoms with Crippen molar-refractivity contribution in [1.82, 2.24) is 46.6 Å². The lowest BCUT2D eigenvalue weighted by Crippen LogP contribution is -2.42. The number of esters is 1. The second-order valence-electron chi connectivity index (χ2n) is 23.1. The number of ether oxygens (including phenoxy) is 11. The van der Waals surface area contributed by atoms with Crippen LogP contribution < -0.4 is 31.9 Å². The first-order valence-corrected chi connectivity index (χ1v) is 28.8. The summed E-state index contributed by atoms with van der Waals surface area (Å²) >= 11 is 0. The quantitative estimate of drug-likeness (QED) is 0.0311. The molecular formula is C57H103N9O18. The van der Waals surface area contributed by atoms with Gasteiger partial charge in [-0.2, -0.15) is 0 Å². The Labute approximate surface area is 498 Å². The fraction of sp³-hybridized carbons (Fsp3) is 0.772. The van der Waals surface area contributed by atoms with Crippen LogP contribution in [0.1, 0.15) is 88.6 Å². The van der Waals surface area contributed by atoms with Crippen molar-refractivity contribution in [2.24, 2.45) is 0 Å². The second-order valence-corrected chi connectivity index (χ2v) is 23.1. The van der Waals surface area contributed by atoms with Gasteiger partial charge in [-0.15, -0.1) is 0 Å². The number of hydrogen-bond acceptors (Lipinski definition) is 21. The summed E-state index contributed by atoms with van der Waals surface area (Å²) in [6.07, 6.45) is -2.16. The van der Waals surface area contributed by atoms with Gasteiger partial charge in [0.15, 0.2) is 0 Å². The predicted molar refractivity (Wildman–Crippen MR) is 313 cm³/mol. The molecule has 0 heterocycles. The maximum Gasteiger partial charge on any atom is 0.407 e. The topological polar surface area (TPSA) is 303 Å². The minimum Gasteiger partial charge on any atom is -0.460 e. The third-order valence-electron chi connectivity index (χ3n) is 10.4. The number of nitrogens with zero attached hydrogens (tertiary/aromatic N) is 3. The molecule has 0 atom stereocenters. The summed E-state index contributed by atoms with van der Waals surface area (Å²) in [7, 11) is 0. The van der Waals surface area contributed by atoms with Gasteiger partial charge in [0.25, 0.3) is 0 Å². The van der Waals surface area contributed by atoms with E-state index < -0.39 is 52.7 Å². The van der Waals surface area contributed by atoms with Crippen LogP contribution in [-0.2, 0) is 73.1 Å². The third-order valence-corrected chi connectivity index (χ3v) is 10.4. The van der Waals surface area contributed by atoms with Crippen molar-refractivity contribution in [3.63, 3.8) is 0 Å². The SMILES string of the molecule is CC(C)(C)OC(=O)NCCOCCN(CCOCCNC(=O)OC(C)(C)C)CC(=O)NCCOCCN(CCOCCNC(=O)CN(CCOCCNC(=O)OC(C)(C)C)CCOCCNC(=O)OC(C)(C)C)CC(=O)OCc1ccccc1. The molecule has 0 aliphatic heterocycles. The molecule has 1 aromatic carbocycles. The Bertz CT molecular complexity index is 1790. The van der Waals surface area contributed by atoms with Gasteiger partial charge in [-0.1, -0.05) is 30.3 Å². The number of benzene rings is 1. The Kier molecular flexibility index (Phi) is 39.9. The number of hydrogen-bond donors (Lipinski definition) is 6. The van der Waals surface area contributed by atoms with E-state index in [0.717, 1.165) is 5.56 Å². The molecule has 484 valence electrons. The fourth-order valence-electron chi connectivity index (χ4n) is 6.75. The van der Waals surface area contributed by atoms with E-state index in [-0.39, 0.29) is 157 Å². The van der Waals surface area contributed by atoms with Crippen LogP contribution >= 0.6 is 0 Å². The summed E-state index contributed by atoms with van der Waals surface area (Å²) < 4.78 is 61.1. The summed E-state index contributed by atoms with van der Waals surface area (Å²) in [5.74, 6) is -0.916. The molecule has 0 aromatic heterocycles. The van der Waals surface area contributed by atoms with Crippen molar-refractivity contribution >= 4 is 42.2 Å². The van der Waals surface area contributed by atoms with Gasteiger partial charge in [0.05, 0.1) is 98.9 Å². The van der Waals surface area contributed by atoms with Crippen LogP contribution in [0.15, 0.2) is 30.3 Å². The molecule has 1 aromatic rings. The summed E-state index contributed by atoms with van der Waals surface area (Å²) in [6, 6.07) is 9.35. The maximum atomic E-state index is 13.1. The Morgan fingerprint density at radius 1 is 0.345 bits per heavy atom. The first kappa shape index (κ1) is 76.4. The molecule has 1 rings (SSSR count). The van der Waals surface area contributed by atoms with Gasteiger partial charge in [-0.3, -0.25) is 29.1 Å². The van der Waals surface area contributed by atoms with E-state index in [2.05, 4.69) is 31.9 Å². The Morgan fingerprint density at radius 2 is 0.595 bits per heavy atom. The Morgan fingerprint density at radius 3 is 0.857 bits per heavy atom. The summed E-state index contributed by atoms with van der Waals surface area (Å²) in [6.45, 7) is 28.2. The molecular weight excluding hydrogens is 1100 g/mol. The van der Waals surface area contributed by atoms with E-state index in [4.69, 9.17) is 52.1 Å². The number of rotatable bonds is 44. The van der Waals surface area contributed by atoms with Gasteiger partial charge in [0, 0.05) is 78.5 Å². The Balaban J connectivity index is 2.70. The highest BCUT2D eigenvalue weighted by Crippen LogP contribution is 2.09. The van der Waals surface area contributed by atoms with E-state index in [1.807, 2.05) is 45.0 Å². The average Bonchev–Trinajstić information content (AvgIpc) is 3.41. The fourth-order valence-corrected chi connectivity index (χ4v) is 6.75. The highest BCUT2D eigenvalue weighted by molar-refractivity contribution is 5.78. The Hall–Kier alpha value is -5.65. The van der Waals surface area contributed by atoms with Crippen molar-refractivity contribution in [3.8, 4) is 0 Å². The normalized spacial score (nSPS) is 11.9. The van der Waals surface area contributed by atoms with Gasteiger partial charge in [-0.05, 0) is 88.6 Å². The molecule has 27 nitrogen and oxygen atoms in total. The second kappa shape index (κ2) is 43.9. The van der Waals surface area contributed by atoms with Crippen molar-refractivity contribution in [3.05, 3.63) is 35.9 Å². The zero-order chi connectivity index (χ0) is 62.7. The molecule has 84 heavy (non-hydrogen) atoms. The molecule has 6 amide bonds. The molecule has 0 unspecified atom stereocenters. The number of nitrogens with one attached hydrogen (secondary N) is 6. The van der Waals surface area contributed by atoms with E-state index in [9.17, 15) is 33.6 Å². The van der Waals surface area contributed by atoms with E-state index in [1.54, 1.807) is 83.1 Å². The average molecular weight is 1200 g/mol. The zero-order valence-electron chi connectivity index (χ0n) is 52.4. The minimum atomic E-state index is -0.622. The number of carbonyl (C=O) groups excluding carboxylic acids is 7. The smallest absolute Gasteiger partial charge is 0.407 e. The van der Waals surface area contributed by atoms with E-state index in [1.165, 1.54) is 0 Å². The summed E-state index contributed by atoms with van der Waals surface area (Å²) in [4.78, 5) is 92.6. The highest BCUT2D eigenvalue weighted by Gasteiger charge is 2.20. The van der Waals surface area contributed by atoms with Crippen molar-refractivity contribution < 1.29 is 85.7 Å². The zero-order valence-corrected chi connectivity index (χ0v) is 52.4. The van der Waals surface area contributed by atoms with Crippen LogP contribution in [0, 0.1) is 0 Å². The van der Waals surface area contributed by atoms with Crippen molar-refractivity contribution in [2.45, 2.75) is 112 Å². The van der Waals surface area contributed by atoms with Crippen LogP contribution in [0.2, 0.25) is 0 Å². The predicted octanol–water partition coefficient (Wildman–Crippen LogP) is 3.07. The van der Waals surface area contributed by atoms with Crippen LogP contribution in [-0.4, -0.2) is 257 Å². The van der Waals surface area contributed by atoms with E-state index >= 15 is 0 Å². The molecule has 27 heteroatoms. The van der Waals surface area contributed by atoms with Crippen LogP contribution in [0.4, 0.5) is 19.2 Å². The first-order valence-electron chi connectivity index (χ1n) is 28.8. The monoisotopic (exact) mass is 1200 g/mol. The third kappa shape index (κ3) is 49.7. The van der Waals surface area contributed by atoms with Gasteiger partial charge >= 0.3 is 30.3 Å². The van der Waals surface area contributed by atoms with Gasteiger partial charge < -0.3 is 84.0 Å². The van der Waals surface area contributed by atoms with E-state index in [0.29, 0.717) is 39.3 Å². The summed E-state index contributed by atoms with van der Waals surface area (Å²) in [5, 5.41) is 16.3. The number of amides is 6. The lowest BCUT2D eigenvalue weighted by atomic mass is 10.2. The maximum absolute atomic E-state index is 13.1. The standard InChI is InChI=1S/C57H103N9O18/c1-54(2,3)81-50(70)60-20-32-76-36-24-64(25-37-77-33-21-61-51(71)82-55(4,5)6)42-47(67)58-18-30-74-40-28-66(44-49(69)80-45-46-16-14-13-15-17-46)29-41-75-31-19-59-48(68)43-65(26-38-78-34-22-62-52(72)83-56(7,8)9)27-39-79-35-23-63-53(73)84-57(10,11)12/h13-17H,18-45H2,1-12H3,(H,58,67)(H,59,68)(H,60,70)(H,61,71)(H,62,72)(H,63,73). The van der Waals surface area contributed by atoms with Gasteiger partial charge in [0.1, 0.15) is 29.0 Å².